The Morgan fingerprint density at radius 1 is 1.21 bits per heavy atom. The number of benzene rings is 1. The van der Waals surface area contributed by atoms with Gasteiger partial charge in [0.1, 0.15) is 5.56 Å². The predicted molar refractivity (Wildman–Crippen MR) is 94.4 cm³/mol. The number of carbonyl (C=O) groups is 1. The number of aryl methyl sites for hydroxylation is 2. The van der Waals surface area contributed by atoms with Crippen LogP contribution < -0.4 is 5.43 Å². The molecule has 0 spiro atoms. The minimum atomic E-state index is -0.575. The van der Waals surface area contributed by atoms with Crippen LogP contribution in [0.4, 0.5) is 0 Å². The fourth-order valence-electron chi connectivity index (χ4n) is 3.01. The second kappa shape index (κ2) is 6.35. The molecule has 1 aromatic carbocycles. The van der Waals surface area contributed by atoms with Crippen molar-refractivity contribution in [2.45, 2.75) is 27.3 Å². The molecule has 3 aromatic rings. The van der Waals surface area contributed by atoms with Crippen molar-refractivity contribution in [1.82, 2.24) is 9.55 Å². The lowest BCUT2D eigenvalue weighted by Crippen LogP contribution is -2.20. The van der Waals surface area contributed by atoms with E-state index in [1.807, 2.05) is 48.7 Å². The number of fused-ring (bicyclic) bond motifs is 1. The summed E-state index contributed by atoms with van der Waals surface area (Å²) < 4.78 is 6.95. The zero-order chi connectivity index (χ0) is 17.3. The van der Waals surface area contributed by atoms with Crippen molar-refractivity contribution in [2.75, 3.05) is 6.61 Å². The molecule has 0 aliphatic heterocycles. The molecule has 24 heavy (non-hydrogen) atoms. The van der Waals surface area contributed by atoms with Gasteiger partial charge in [0, 0.05) is 24.0 Å². The molecular formula is C19H20N2O3. The van der Waals surface area contributed by atoms with Gasteiger partial charge in [0.2, 0.25) is 5.43 Å². The number of esters is 1. The summed E-state index contributed by atoms with van der Waals surface area (Å²) in [7, 11) is 0. The molecule has 0 aliphatic carbocycles. The number of pyridine rings is 1. The first-order valence-corrected chi connectivity index (χ1v) is 8.06. The minimum Gasteiger partial charge on any atom is -0.462 e. The van der Waals surface area contributed by atoms with E-state index in [4.69, 9.17) is 4.74 Å². The number of nitrogens with zero attached hydrogens (tertiary/aromatic N) is 1. The summed E-state index contributed by atoms with van der Waals surface area (Å²) in [6.07, 6.45) is 1.60. The molecule has 0 fully saturated rings. The van der Waals surface area contributed by atoms with E-state index in [2.05, 4.69) is 4.98 Å². The molecule has 1 N–H and O–H groups in total. The summed E-state index contributed by atoms with van der Waals surface area (Å²) in [6.45, 7) is 6.44. The molecule has 2 aromatic heterocycles. The molecule has 0 radical (unpaired) electrons. The lowest BCUT2D eigenvalue weighted by Gasteiger charge is -2.11. The lowest BCUT2D eigenvalue weighted by molar-refractivity contribution is 0.0524. The number of carbonyl (C=O) groups excluding carboxylic acids is 1. The monoisotopic (exact) mass is 324 g/mol. The minimum absolute atomic E-state index is 0.0768. The highest BCUT2D eigenvalue weighted by Crippen LogP contribution is 2.29. The summed E-state index contributed by atoms with van der Waals surface area (Å²) in [5, 5.41) is 0.543. The average Bonchev–Trinajstić information content (AvgIpc) is 2.94. The maximum atomic E-state index is 12.8. The second-order valence-corrected chi connectivity index (χ2v) is 5.59. The van der Waals surface area contributed by atoms with Crippen LogP contribution in [0, 0.1) is 6.92 Å². The van der Waals surface area contributed by atoms with Gasteiger partial charge in [0.05, 0.1) is 23.2 Å². The quantitative estimate of drug-likeness (QED) is 0.747. The van der Waals surface area contributed by atoms with Gasteiger partial charge in [0.25, 0.3) is 0 Å². The van der Waals surface area contributed by atoms with Gasteiger partial charge in [-0.15, -0.1) is 0 Å². The lowest BCUT2D eigenvalue weighted by atomic mass is 10.1. The van der Waals surface area contributed by atoms with Gasteiger partial charge in [-0.2, -0.15) is 0 Å². The van der Waals surface area contributed by atoms with Crippen molar-refractivity contribution in [3.8, 4) is 11.3 Å². The molecule has 2 heterocycles. The maximum Gasteiger partial charge on any atom is 0.343 e. The number of hydrogen-bond donors (Lipinski definition) is 1. The van der Waals surface area contributed by atoms with Crippen molar-refractivity contribution in [2.24, 2.45) is 0 Å². The first kappa shape index (κ1) is 16.1. The van der Waals surface area contributed by atoms with Crippen LogP contribution in [-0.2, 0) is 11.3 Å². The van der Waals surface area contributed by atoms with E-state index in [1.54, 1.807) is 13.1 Å². The number of rotatable bonds is 4. The molecule has 0 saturated heterocycles. The summed E-state index contributed by atoms with van der Waals surface area (Å²) in [6, 6.07) is 9.85. The van der Waals surface area contributed by atoms with Gasteiger partial charge >= 0.3 is 5.97 Å². The van der Waals surface area contributed by atoms with Gasteiger partial charge in [-0.3, -0.25) is 4.79 Å². The van der Waals surface area contributed by atoms with E-state index >= 15 is 0 Å². The van der Waals surface area contributed by atoms with Crippen LogP contribution in [0.15, 0.2) is 41.3 Å². The van der Waals surface area contributed by atoms with E-state index in [1.165, 1.54) is 0 Å². The Bertz CT molecular complexity index is 952. The van der Waals surface area contributed by atoms with E-state index in [9.17, 15) is 9.59 Å². The smallest absolute Gasteiger partial charge is 0.343 e. The summed E-state index contributed by atoms with van der Waals surface area (Å²) in [4.78, 5) is 28.3. The molecule has 0 atom stereocenters. The van der Waals surface area contributed by atoms with Crippen LogP contribution in [0.1, 0.15) is 29.9 Å². The van der Waals surface area contributed by atoms with Crippen molar-refractivity contribution >= 4 is 16.9 Å². The fourth-order valence-corrected chi connectivity index (χ4v) is 3.01. The SMILES string of the molecule is CCOC(=O)c1cn(CC)c2c(-c3ccccc3)[nH]c(C)c2c1=O. The van der Waals surface area contributed by atoms with Gasteiger partial charge in [-0.25, -0.2) is 4.79 Å². The molecular weight excluding hydrogens is 304 g/mol. The first-order chi connectivity index (χ1) is 11.6. The largest absolute Gasteiger partial charge is 0.462 e. The van der Waals surface area contributed by atoms with Crippen molar-refractivity contribution < 1.29 is 9.53 Å². The Hall–Kier alpha value is -2.82. The molecule has 0 bridgehead atoms. The molecule has 0 unspecified atom stereocenters. The summed E-state index contributed by atoms with van der Waals surface area (Å²) in [5.74, 6) is -0.575. The Labute approximate surface area is 139 Å². The number of nitrogens with one attached hydrogen (secondary N) is 1. The molecule has 5 heteroatoms. The zero-order valence-corrected chi connectivity index (χ0v) is 14.1. The number of H-pyrrole nitrogens is 1. The second-order valence-electron chi connectivity index (χ2n) is 5.59. The molecule has 0 amide bonds. The van der Waals surface area contributed by atoms with Crippen LogP contribution in [0.2, 0.25) is 0 Å². The molecule has 0 saturated carbocycles. The molecule has 124 valence electrons. The number of ether oxygens (including phenoxy) is 1. The standard InChI is InChI=1S/C19H20N2O3/c1-4-21-11-14(19(23)24-5-2)18(22)15-12(3)20-16(17(15)21)13-9-7-6-8-10-13/h6-11,20H,4-5H2,1-3H3. The number of aromatic amines is 1. The van der Waals surface area contributed by atoms with E-state index in [0.29, 0.717) is 11.9 Å². The number of aromatic nitrogens is 2. The molecule has 0 aliphatic rings. The average molecular weight is 324 g/mol. The maximum absolute atomic E-state index is 12.8. The number of hydrogen-bond acceptors (Lipinski definition) is 3. The topological polar surface area (TPSA) is 64.1 Å². The highest BCUT2D eigenvalue weighted by Gasteiger charge is 2.21. The Morgan fingerprint density at radius 3 is 2.54 bits per heavy atom. The Kier molecular flexibility index (Phi) is 4.25. The van der Waals surface area contributed by atoms with Crippen LogP contribution in [0.5, 0.6) is 0 Å². The van der Waals surface area contributed by atoms with Crippen LogP contribution in [0.25, 0.3) is 22.2 Å². The van der Waals surface area contributed by atoms with Crippen molar-refractivity contribution in [3.63, 3.8) is 0 Å². The third-order valence-corrected chi connectivity index (χ3v) is 4.10. The normalized spacial score (nSPS) is 11.0. The van der Waals surface area contributed by atoms with E-state index < -0.39 is 5.97 Å². The molecule has 5 nitrogen and oxygen atoms in total. The molecule has 3 rings (SSSR count). The van der Waals surface area contributed by atoms with Gasteiger partial charge < -0.3 is 14.3 Å². The van der Waals surface area contributed by atoms with Crippen LogP contribution in [0.3, 0.4) is 0 Å². The van der Waals surface area contributed by atoms with Crippen molar-refractivity contribution in [3.05, 3.63) is 58.0 Å². The highest BCUT2D eigenvalue weighted by molar-refractivity contribution is 5.99. The highest BCUT2D eigenvalue weighted by atomic mass is 16.5. The van der Waals surface area contributed by atoms with Crippen LogP contribution in [-0.4, -0.2) is 22.1 Å². The summed E-state index contributed by atoms with van der Waals surface area (Å²) >= 11 is 0. The Balaban J connectivity index is 2.36. The third kappa shape index (κ3) is 2.52. The van der Waals surface area contributed by atoms with Gasteiger partial charge in [-0.1, -0.05) is 30.3 Å². The first-order valence-electron chi connectivity index (χ1n) is 8.06. The van der Waals surface area contributed by atoms with Crippen molar-refractivity contribution in [1.29, 1.82) is 0 Å². The third-order valence-electron chi connectivity index (χ3n) is 4.10. The van der Waals surface area contributed by atoms with E-state index in [0.717, 1.165) is 22.5 Å². The van der Waals surface area contributed by atoms with Crippen LogP contribution >= 0.6 is 0 Å². The Morgan fingerprint density at radius 2 is 1.92 bits per heavy atom. The fraction of sp³-hybridized carbons (Fsp3) is 0.263. The van der Waals surface area contributed by atoms with E-state index in [-0.39, 0.29) is 17.6 Å². The predicted octanol–water partition coefficient (Wildman–Crippen LogP) is 3.50. The zero-order valence-electron chi connectivity index (χ0n) is 14.1. The summed E-state index contributed by atoms with van der Waals surface area (Å²) in [5.41, 5.74) is 3.25. The van der Waals surface area contributed by atoms with Gasteiger partial charge in [0.15, 0.2) is 0 Å². The van der Waals surface area contributed by atoms with Gasteiger partial charge in [-0.05, 0) is 20.8 Å².